The largest absolute Gasteiger partial charge is 0.497 e. The molecule has 0 saturated heterocycles. The number of ether oxygens (including phenoxy) is 4. The zero-order valence-electron chi connectivity index (χ0n) is 18.2. The predicted molar refractivity (Wildman–Crippen MR) is 129 cm³/mol. The van der Waals surface area contributed by atoms with Crippen LogP contribution in [0.25, 0.3) is 0 Å². The van der Waals surface area contributed by atoms with Gasteiger partial charge in [0.25, 0.3) is 0 Å². The Kier molecular flexibility index (Phi) is 8.88. The van der Waals surface area contributed by atoms with Crippen molar-refractivity contribution in [1.82, 2.24) is 10.2 Å². The van der Waals surface area contributed by atoms with Crippen molar-refractivity contribution in [2.75, 3.05) is 42.0 Å². The summed E-state index contributed by atoms with van der Waals surface area (Å²) in [5.41, 5.74) is 3.54. The van der Waals surface area contributed by atoms with Crippen molar-refractivity contribution in [3.05, 3.63) is 47.0 Å². The molecule has 0 amide bonds. The molecule has 0 aromatic heterocycles. The first-order chi connectivity index (χ1) is 14.1. The lowest BCUT2D eigenvalue weighted by Crippen LogP contribution is -2.43. The second-order valence-corrected chi connectivity index (χ2v) is 6.73. The lowest BCUT2D eigenvalue weighted by molar-refractivity contribution is 0.345. The number of benzene rings is 2. The number of nitrogens with zero attached hydrogens (tertiary/aromatic N) is 2. The summed E-state index contributed by atoms with van der Waals surface area (Å²) < 4.78 is 21.7. The van der Waals surface area contributed by atoms with Crippen molar-refractivity contribution in [1.29, 1.82) is 0 Å². The Hall–Kier alpha value is -2.36. The van der Waals surface area contributed by atoms with Gasteiger partial charge in [0.05, 0.1) is 28.4 Å². The highest BCUT2D eigenvalue weighted by Gasteiger charge is 2.22. The summed E-state index contributed by atoms with van der Waals surface area (Å²) in [6.07, 6.45) is 0.919. The first-order valence-electron chi connectivity index (χ1n) is 9.53. The second-order valence-electron chi connectivity index (χ2n) is 6.73. The number of guanidine groups is 1. The van der Waals surface area contributed by atoms with Crippen molar-refractivity contribution in [2.24, 2.45) is 4.99 Å². The minimum Gasteiger partial charge on any atom is -0.497 e. The van der Waals surface area contributed by atoms with E-state index in [4.69, 9.17) is 18.9 Å². The smallest absolute Gasteiger partial charge is 0.194 e. The average Bonchev–Trinajstić information content (AvgIpc) is 2.78. The molecule has 0 spiro atoms. The van der Waals surface area contributed by atoms with Crippen molar-refractivity contribution in [3.8, 4) is 23.0 Å². The van der Waals surface area contributed by atoms with Crippen LogP contribution in [0.4, 0.5) is 0 Å². The van der Waals surface area contributed by atoms with Gasteiger partial charge in [-0.2, -0.15) is 0 Å². The van der Waals surface area contributed by atoms with Crippen molar-refractivity contribution >= 4 is 29.9 Å². The summed E-state index contributed by atoms with van der Waals surface area (Å²) in [7, 11) is 8.44. The molecule has 30 heavy (non-hydrogen) atoms. The van der Waals surface area contributed by atoms with Crippen molar-refractivity contribution < 1.29 is 18.9 Å². The highest BCUT2D eigenvalue weighted by Crippen LogP contribution is 2.33. The Morgan fingerprint density at radius 2 is 1.60 bits per heavy atom. The van der Waals surface area contributed by atoms with E-state index in [1.54, 1.807) is 35.5 Å². The van der Waals surface area contributed by atoms with E-state index >= 15 is 0 Å². The number of methoxy groups -OCH3 is 4. The van der Waals surface area contributed by atoms with Gasteiger partial charge >= 0.3 is 0 Å². The molecule has 2 aromatic carbocycles. The number of aliphatic imine (C=N–C) groups is 1. The van der Waals surface area contributed by atoms with Crippen LogP contribution in [-0.2, 0) is 19.5 Å². The molecular weight excluding hydrogens is 497 g/mol. The van der Waals surface area contributed by atoms with Crippen LogP contribution in [0.15, 0.2) is 35.3 Å². The van der Waals surface area contributed by atoms with Gasteiger partial charge in [0, 0.05) is 38.3 Å². The number of nitrogens with one attached hydrogen (secondary N) is 1. The lowest BCUT2D eigenvalue weighted by Gasteiger charge is -2.32. The molecule has 1 heterocycles. The van der Waals surface area contributed by atoms with E-state index < -0.39 is 0 Å². The number of rotatable bonds is 6. The van der Waals surface area contributed by atoms with Gasteiger partial charge in [-0.3, -0.25) is 4.99 Å². The third-order valence-corrected chi connectivity index (χ3v) is 5.16. The van der Waals surface area contributed by atoms with Gasteiger partial charge in [0.1, 0.15) is 11.5 Å². The third-order valence-electron chi connectivity index (χ3n) is 5.16. The summed E-state index contributed by atoms with van der Waals surface area (Å²) in [6, 6.07) is 9.94. The van der Waals surface area contributed by atoms with Crippen LogP contribution in [0.1, 0.15) is 16.7 Å². The second kappa shape index (κ2) is 11.1. The molecule has 0 radical (unpaired) electrons. The fourth-order valence-corrected chi connectivity index (χ4v) is 3.57. The maximum absolute atomic E-state index is 5.49. The van der Waals surface area contributed by atoms with Crippen LogP contribution in [0.3, 0.4) is 0 Å². The number of hydrogen-bond acceptors (Lipinski definition) is 5. The molecule has 0 unspecified atom stereocenters. The Bertz CT molecular complexity index is 889. The monoisotopic (exact) mass is 527 g/mol. The molecule has 3 rings (SSSR count). The third kappa shape index (κ3) is 5.21. The van der Waals surface area contributed by atoms with Crippen LogP contribution in [0, 0.1) is 0 Å². The van der Waals surface area contributed by atoms with Crippen LogP contribution in [0.5, 0.6) is 23.0 Å². The summed E-state index contributed by atoms with van der Waals surface area (Å²) in [4.78, 5) is 6.72. The topological polar surface area (TPSA) is 64.6 Å². The average molecular weight is 527 g/mol. The normalized spacial score (nSPS) is 13.1. The Morgan fingerprint density at radius 1 is 0.933 bits per heavy atom. The summed E-state index contributed by atoms with van der Waals surface area (Å²) in [6.45, 7) is 2.24. The maximum Gasteiger partial charge on any atom is 0.194 e. The van der Waals surface area contributed by atoms with E-state index in [2.05, 4.69) is 27.3 Å². The van der Waals surface area contributed by atoms with E-state index in [0.717, 1.165) is 54.0 Å². The minimum absolute atomic E-state index is 0. The molecular formula is C22H30IN3O4. The molecule has 0 fully saturated rings. The quantitative estimate of drug-likeness (QED) is 0.353. The van der Waals surface area contributed by atoms with Gasteiger partial charge < -0.3 is 29.2 Å². The van der Waals surface area contributed by atoms with Gasteiger partial charge in [-0.15, -0.1) is 24.0 Å². The van der Waals surface area contributed by atoms with Gasteiger partial charge in [-0.05, 0) is 41.8 Å². The SMILES string of the molecule is CN=C(NCc1ccc(OC)cc1OC)N1CCc2cc(OC)c(OC)cc2C1.I. The van der Waals surface area contributed by atoms with Crippen molar-refractivity contribution in [3.63, 3.8) is 0 Å². The highest BCUT2D eigenvalue weighted by molar-refractivity contribution is 14.0. The minimum atomic E-state index is 0. The first-order valence-corrected chi connectivity index (χ1v) is 9.53. The van der Waals surface area contributed by atoms with Crippen molar-refractivity contribution in [2.45, 2.75) is 19.5 Å². The maximum atomic E-state index is 5.49. The Morgan fingerprint density at radius 3 is 2.20 bits per heavy atom. The molecule has 0 bridgehead atoms. The molecule has 8 heteroatoms. The zero-order valence-corrected chi connectivity index (χ0v) is 20.5. The first kappa shape index (κ1) is 23.9. The predicted octanol–water partition coefficient (Wildman–Crippen LogP) is 3.47. The summed E-state index contributed by atoms with van der Waals surface area (Å²) in [5, 5.41) is 3.45. The number of hydrogen-bond donors (Lipinski definition) is 1. The van der Waals surface area contributed by atoms with E-state index in [-0.39, 0.29) is 24.0 Å². The number of fused-ring (bicyclic) bond motifs is 1. The van der Waals surface area contributed by atoms with Gasteiger partial charge in [-0.25, -0.2) is 0 Å². The molecule has 1 aliphatic rings. The molecule has 7 nitrogen and oxygen atoms in total. The lowest BCUT2D eigenvalue weighted by atomic mass is 9.99. The van der Waals surface area contributed by atoms with Crippen LogP contribution < -0.4 is 24.3 Å². The fraction of sp³-hybridized carbons (Fsp3) is 0.409. The highest BCUT2D eigenvalue weighted by atomic mass is 127. The van der Waals surface area contributed by atoms with Gasteiger partial charge in [0.15, 0.2) is 17.5 Å². The molecule has 2 aromatic rings. The van der Waals surface area contributed by atoms with Crippen LogP contribution >= 0.6 is 24.0 Å². The Balaban J connectivity index is 0.00000320. The molecule has 164 valence electrons. The Labute approximate surface area is 195 Å². The summed E-state index contributed by atoms with van der Waals surface area (Å²) >= 11 is 0. The molecule has 0 atom stereocenters. The van der Waals surface area contributed by atoms with E-state index in [1.807, 2.05) is 18.2 Å². The molecule has 0 aliphatic carbocycles. The van der Waals surface area contributed by atoms with Gasteiger partial charge in [0.2, 0.25) is 0 Å². The van der Waals surface area contributed by atoms with Gasteiger partial charge in [-0.1, -0.05) is 0 Å². The summed E-state index contributed by atoms with van der Waals surface area (Å²) in [5.74, 6) is 3.93. The fourth-order valence-electron chi connectivity index (χ4n) is 3.57. The molecule has 1 N–H and O–H groups in total. The number of halogens is 1. The van der Waals surface area contributed by atoms with E-state index in [1.165, 1.54) is 11.1 Å². The van der Waals surface area contributed by atoms with E-state index in [9.17, 15) is 0 Å². The van der Waals surface area contributed by atoms with Crippen LogP contribution in [-0.4, -0.2) is 52.9 Å². The molecule has 0 saturated carbocycles. The standard InChI is InChI=1S/C22H29N3O4.HI/c1-23-22(24-13-16-6-7-18(26-2)12-19(16)27-3)25-9-8-15-10-20(28-4)21(29-5)11-17(15)14-25;/h6-7,10-12H,8-9,13-14H2,1-5H3,(H,23,24);1H. The zero-order chi connectivity index (χ0) is 20.8. The van der Waals surface area contributed by atoms with E-state index in [0.29, 0.717) is 6.54 Å². The van der Waals surface area contributed by atoms with Crippen LogP contribution in [0.2, 0.25) is 0 Å². The molecule has 1 aliphatic heterocycles.